The summed E-state index contributed by atoms with van der Waals surface area (Å²) in [6.07, 6.45) is 4.18. The Morgan fingerprint density at radius 1 is 1.08 bits per heavy atom. The molecule has 5 nitrogen and oxygen atoms in total. The van der Waals surface area contributed by atoms with Crippen molar-refractivity contribution < 1.29 is 14.3 Å². The predicted octanol–water partition coefficient (Wildman–Crippen LogP) is 3.27. The lowest BCUT2D eigenvalue weighted by Crippen LogP contribution is -2.11. The number of ether oxygens (including phenoxy) is 2. The molecule has 0 radical (unpaired) electrons. The van der Waals surface area contributed by atoms with E-state index in [9.17, 15) is 4.79 Å². The molecule has 3 aliphatic rings. The summed E-state index contributed by atoms with van der Waals surface area (Å²) in [6, 6.07) is 13.6. The summed E-state index contributed by atoms with van der Waals surface area (Å²) < 4.78 is 10.9. The van der Waals surface area contributed by atoms with Gasteiger partial charge in [0, 0.05) is 22.5 Å². The minimum atomic E-state index is -0.0822. The van der Waals surface area contributed by atoms with Crippen molar-refractivity contribution in [1.29, 1.82) is 0 Å². The molecule has 0 saturated carbocycles. The molecule has 0 aromatic heterocycles. The number of hydrogen-bond acceptors (Lipinski definition) is 4. The second-order valence-corrected chi connectivity index (χ2v) is 6.26. The number of carbonyl (C=O) groups is 1. The quantitative estimate of drug-likeness (QED) is 0.669. The number of allylic oxidation sites excluding steroid dienone is 1. The summed E-state index contributed by atoms with van der Waals surface area (Å²) >= 11 is 0. The van der Waals surface area contributed by atoms with Gasteiger partial charge in [0.1, 0.15) is 18.5 Å². The molecule has 1 saturated heterocycles. The molecule has 3 heterocycles. The molecular formula is C20H16N2O3. The monoisotopic (exact) mass is 332 g/mol. The van der Waals surface area contributed by atoms with Gasteiger partial charge in [-0.1, -0.05) is 24.3 Å². The van der Waals surface area contributed by atoms with Crippen molar-refractivity contribution in [3.05, 3.63) is 65.4 Å². The molecule has 2 aromatic rings. The Bertz CT molecular complexity index is 942. The van der Waals surface area contributed by atoms with Gasteiger partial charge >= 0.3 is 0 Å². The number of carbonyl (C=O) groups excluding carboxylic acids is 1. The van der Waals surface area contributed by atoms with Gasteiger partial charge in [0.25, 0.3) is 5.91 Å². The zero-order valence-corrected chi connectivity index (χ0v) is 13.4. The van der Waals surface area contributed by atoms with Crippen LogP contribution < -0.4 is 15.4 Å². The van der Waals surface area contributed by atoms with E-state index in [2.05, 4.69) is 10.6 Å². The highest BCUT2D eigenvalue weighted by atomic mass is 16.6. The maximum Gasteiger partial charge on any atom is 0.258 e. The molecule has 0 aliphatic carbocycles. The van der Waals surface area contributed by atoms with Crippen molar-refractivity contribution in [2.24, 2.45) is 0 Å². The maximum absolute atomic E-state index is 12.4. The zero-order chi connectivity index (χ0) is 16.8. The van der Waals surface area contributed by atoms with Gasteiger partial charge in [0.15, 0.2) is 0 Å². The first-order valence-corrected chi connectivity index (χ1v) is 8.26. The molecule has 5 heteroatoms. The summed E-state index contributed by atoms with van der Waals surface area (Å²) in [7, 11) is 0. The third-order valence-electron chi connectivity index (χ3n) is 4.50. The third-order valence-corrected chi connectivity index (χ3v) is 4.50. The van der Waals surface area contributed by atoms with Gasteiger partial charge in [-0.3, -0.25) is 4.79 Å². The van der Waals surface area contributed by atoms with E-state index in [1.807, 2.05) is 54.6 Å². The second kappa shape index (κ2) is 5.50. The van der Waals surface area contributed by atoms with Crippen molar-refractivity contribution in [1.82, 2.24) is 0 Å². The number of anilines is 2. The average Bonchev–Trinajstić information content (AvgIpc) is 3.40. The average molecular weight is 332 g/mol. The van der Waals surface area contributed by atoms with E-state index in [4.69, 9.17) is 9.47 Å². The molecule has 1 unspecified atom stereocenters. The summed E-state index contributed by atoms with van der Waals surface area (Å²) in [5.41, 5.74) is 5.23. The van der Waals surface area contributed by atoms with Crippen LogP contribution >= 0.6 is 0 Å². The van der Waals surface area contributed by atoms with Crippen LogP contribution in [0, 0.1) is 0 Å². The molecule has 1 atom stereocenters. The van der Waals surface area contributed by atoms with E-state index in [1.165, 1.54) is 0 Å². The number of hydrogen-bond donors (Lipinski definition) is 2. The van der Waals surface area contributed by atoms with E-state index < -0.39 is 0 Å². The van der Waals surface area contributed by atoms with Gasteiger partial charge < -0.3 is 20.1 Å². The van der Waals surface area contributed by atoms with Crippen LogP contribution in [-0.2, 0) is 9.53 Å². The Morgan fingerprint density at radius 2 is 1.96 bits per heavy atom. The summed E-state index contributed by atoms with van der Waals surface area (Å²) in [4.78, 5) is 12.4. The lowest BCUT2D eigenvalue weighted by molar-refractivity contribution is -0.110. The minimum Gasteiger partial charge on any atom is -0.491 e. The van der Waals surface area contributed by atoms with Crippen LogP contribution in [0.15, 0.2) is 54.2 Å². The van der Waals surface area contributed by atoms with Gasteiger partial charge in [-0.25, -0.2) is 0 Å². The first-order valence-electron chi connectivity index (χ1n) is 8.26. The Kier molecular flexibility index (Phi) is 3.15. The van der Waals surface area contributed by atoms with Gasteiger partial charge in [0.05, 0.1) is 17.9 Å². The Hall–Kier alpha value is -3.05. The van der Waals surface area contributed by atoms with E-state index >= 15 is 0 Å². The van der Waals surface area contributed by atoms with Gasteiger partial charge in [-0.15, -0.1) is 0 Å². The predicted molar refractivity (Wildman–Crippen MR) is 96.3 cm³/mol. The number of amides is 1. The molecule has 1 amide bonds. The number of epoxide rings is 1. The first-order chi connectivity index (χ1) is 12.3. The number of para-hydroxylation sites is 1. The Balaban J connectivity index is 1.46. The van der Waals surface area contributed by atoms with E-state index in [-0.39, 0.29) is 12.0 Å². The number of fused-ring (bicyclic) bond motifs is 2. The zero-order valence-electron chi connectivity index (χ0n) is 13.4. The Morgan fingerprint density at radius 3 is 2.84 bits per heavy atom. The maximum atomic E-state index is 12.4. The molecule has 0 bridgehead atoms. The molecule has 0 spiro atoms. The van der Waals surface area contributed by atoms with E-state index in [1.54, 1.807) is 0 Å². The largest absolute Gasteiger partial charge is 0.491 e. The van der Waals surface area contributed by atoms with Crippen LogP contribution in [0.2, 0.25) is 0 Å². The molecule has 3 aliphatic heterocycles. The van der Waals surface area contributed by atoms with Crippen molar-refractivity contribution in [3.63, 3.8) is 0 Å². The second-order valence-electron chi connectivity index (χ2n) is 6.26. The number of rotatable bonds is 3. The van der Waals surface area contributed by atoms with Gasteiger partial charge in [0.2, 0.25) is 0 Å². The molecule has 2 N–H and O–H groups in total. The highest BCUT2D eigenvalue weighted by molar-refractivity contribution is 6.33. The van der Waals surface area contributed by atoms with Gasteiger partial charge in [-0.05, 0) is 30.3 Å². The highest BCUT2D eigenvalue weighted by Crippen LogP contribution is 2.37. The summed E-state index contributed by atoms with van der Waals surface area (Å²) in [6.45, 7) is 1.37. The van der Waals surface area contributed by atoms with Crippen LogP contribution in [-0.4, -0.2) is 25.2 Å². The number of benzene rings is 2. The lowest BCUT2D eigenvalue weighted by Gasteiger charge is -2.18. The minimum absolute atomic E-state index is 0.0822. The fourth-order valence-corrected chi connectivity index (χ4v) is 3.13. The van der Waals surface area contributed by atoms with E-state index in [0.717, 1.165) is 40.6 Å². The number of nitrogens with one attached hydrogen (secondary N) is 2. The van der Waals surface area contributed by atoms with Crippen LogP contribution in [0.4, 0.5) is 11.4 Å². The van der Waals surface area contributed by atoms with Crippen LogP contribution in [0.25, 0.3) is 11.6 Å². The van der Waals surface area contributed by atoms with Crippen LogP contribution in [0.1, 0.15) is 11.1 Å². The molecule has 1 fully saturated rings. The SMILES string of the molecule is O=C1Nc2ccccc2C1=C1C=Cc2cc(OCC3CO3)ccc2N1. The molecular weight excluding hydrogens is 316 g/mol. The molecule has 25 heavy (non-hydrogen) atoms. The fraction of sp³-hybridized carbons (Fsp3) is 0.150. The molecule has 2 aromatic carbocycles. The van der Waals surface area contributed by atoms with E-state index in [0.29, 0.717) is 12.2 Å². The normalized spacial score (nSPS) is 22.7. The van der Waals surface area contributed by atoms with Crippen molar-refractivity contribution in [2.45, 2.75) is 6.10 Å². The third kappa shape index (κ3) is 2.58. The van der Waals surface area contributed by atoms with Gasteiger partial charge in [-0.2, -0.15) is 0 Å². The first kappa shape index (κ1) is 14.3. The fourth-order valence-electron chi connectivity index (χ4n) is 3.13. The standard InChI is InChI=1S/C20H16N2O3/c23-20-19(15-3-1-2-4-17(15)22-20)18-7-5-12-9-13(6-8-16(12)21-18)24-10-14-11-25-14/h1-9,14,21H,10-11H2,(H,22,23). The van der Waals surface area contributed by atoms with Crippen LogP contribution in [0.5, 0.6) is 5.75 Å². The lowest BCUT2D eigenvalue weighted by atomic mass is 10.0. The smallest absolute Gasteiger partial charge is 0.258 e. The molecule has 5 rings (SSSR count). The van der Waals surface area contributed by atoms with Crippen molar-refractivity contribution >= 4 is 28.9 Å². The highest BCUT2D eigenvalue weighted by Gasteiger charge is 2.27. The molecule has 124 valence electrons. The summed E-state index contributed by atoms with van der Waals surface area (Å²) in [5, 5.41) is 6.27. The topological polar surface area (TPSA) is 62.9 Å². The van der Waals surface area contributed by atoms with Crippen LogP contribution in [0.3, 0.4) is 0 Å². The van der Waals surface area contributed by atoms with Crippen molar-refractivity contribution in [3.8, 4) is 5.75 Å². The summed E-state index contributed by atoms with van der Waals surface area (Å²) in [5.74, 6) is 0.738. The Labute approximate surface area is 144 Å². The van der Waals surface area contributed by atoms with Crippen molar-refractivity contribution in [2.75, 3.05) is 23.8 Å².